The fourth-order valence-electron chi connectivity index (χ4n) is 3.35. The summed E-state index contributed by atoms with van der Waals surface area (Å²) >= 11 is 5.85. The maximum Gasteiger partial charge on any atom is 0.407 e. The van der Waals surface area contributed by atoms with Crippen molar-refractivity contribution in [3.05, 3.63) is 28.8 Å². The predicted molar refractivity (Wildman–Crippen MR) is 106 cm³/mol. The average Bonchev–Trinajstić information content (AvgIpc) is 2.61. The maximum atomic E-state index is 15.6. The summed E-state index contributed by atoms with van der Waals surface area (Å²) in [6.45, 7) is 7.59. The standard InChI is InChI=1S/C20H28ClF2N3O3/c1-13-12-26(16(27)6-5-8-24-18(28)29-19(2,3)4)9-7-20(13,23)15-10-14(21)11-25-17(15)22/h10-11,13H,5-9,12H2,1-4H3,(H,24,28)/t13-,20+/m0/s1. The molecule has 1 aliphatic heterocycles. The summed E-state index contributed by atoms with van der Waals surface area (Å²) in [5.41, 5.74) is -2.68. The normalized spacial score (nSPS) is 22.3. The van der Waals surface area contributed by atoms with Crippen molar-refractivity contribution >= 4 is 23.6 Å². The van der Waals surface area contributed by atoms with Crippen LogP contribution in [0.15, 0.2) is 12.3 Å². The number of likely N-dealkylation sites (tertiary alicyclic amines) is 1. The molecule has 9 heteroatoms. The number of nitrogens with zero attached hydrogens (tertiary/aromatic N) is 2. The minimum absolute atomic E-state index is 0.0327. The zero-order valence-electron chi connectivity index (χ0n) is 17.2. The van der Waals surface area contributed by atoms with Crippen molar-refractivity contribution < 1.29 is 23.1 Å². The third-order valence-corrected chi connectivity index (χ3v) is 5.07. The monoisotopic (exact) mass is 431 g/mol. The van der Waals surface area contributed by atoms with Crippen molar-refractivity contribution in [1.29, 1.82) is 0 Å². The highest BCUT2D eigenvalue weighted by Crippen LogP contribution is 2.42. The van der Waals surface area contributed by atoms with Crippen LogP contribution in [-0.2, 0) is 15.2 Å². The Kier molecular flexibility index (Phi) is 7.43. The van der Waals surface area contributed by atoms with Gasteiger partial charge in [-0.1, -0.05) is 18.5 Å². The van der Waals surface area contributed by atoms with E-state index in [1.165, 1.54) is 6.07 Å². The first-order valence-corrected chi connectivity index (χ1v) is 10.1. The molecule has 0 aromatic carbocycles. The van der Waals surface area contributed by atoms with Crippen molar-refractivity contribution in [3.8, 4) is 0 Å². The third-order valence-electron chi connectivity index (χ3n) is 4.86. The third kappa shape index (κ3) is 6.26. The molecule has 29 heavy (non-hydrogen) atoms. The van der Waals surface area contributed by atoms with E-state index in [2.05, 4.69) is 10.3 Å². The van der Waals surface area contributed by atoms with E-state index < -0.39 is 29.2 Å². The Hall–Kier alpha value is -1.96. The van der Waals surface area contributed by atoms with Gasteiger partial charge in [0.05, 0.1) is 5.02 Å². The Morgan fingerprint density at radius 2 is 2.14 bits per heavy atom. The summed E-state index contributed by atoms with van der Waals surface area (Å²) in [6, 6.07) is 1.26. The van der Waals surface area contributed by atoms with Gasteiger partial charge in [0, 0.05) is 50.2 Å². The van der Waals surface area contributed by atoms with E-state index in [4.69, 9.17) is 16.3 Å². The summed E-state index contributed by atoms with van der Waals surface area (Å²) in [6.07, 6.45) is 1.23. The Morgan fingerprint density at radius 3 is 2.76 bits per heavy atom. The number of carbonyl (C=O) groups is 2. The molecule has 0 bridgehead atoms. The number of rotatable bonds is 5. The van der Waals surface area contributed by atoms with Crippen LogP contribution in [0.5, 0.6) is 0 Å². The molecule has 0 radical (unpaired) electrons. The first-order chi connectivity index (χ1) is 13.4. The molecule has 1 aliphatic rings. The molecular weight excluding hydrogens is 404 g/mol. The van der Waals surface area contributed by atoms with Gasteiger partial charge in [-0.25, -0.2) is 14.2 Å². The summed E-state index contributed by atoms with van der Waals surface area (Å²) in [5, 5.41) is 2.77. The Balaban J connectivity index is 1.85. The number of alkyl carbamates (subject to hydrolysis) is 1. The van der Waals surface area contributed by atoms with E-state index >= 15 is 4.39 Å². The Labute approximate surface area is 174 Å². The van der Waals surface area contributed by atoms with E-state index in [-0.39, 0.29) is 42.4 Å². The van der Waals surface area contributed by atoms with Crippen molar-refractivity contribution in [2.45, 2.75) is 58.2 Å². The van der Waals surface area contributed by atoms with Crippen LogP contribution in [0.25, 0.3) is 0 Å². The van der Waals surface area contributed by atoms with Crippen LogP contribution in [0.2, 0.25) is 5.02 Å². The van der Waals surface area contributed by atoms with Gasteiger partial charge in [-0.05, 0) is 33.3 Å². The fraction of sp³-hybridized carbons (Fsp3) is 0.650. The van der Waals surface area contributed by atoms with Crippen molar-refractivity contribution in [2.24, 2.45) is 5.92 Å². The molecule has 1 aromatic heterocycles. The van der Waals surface area contributed by atoms with Gasteiger partial charge < -0.3 is 15.0 Å². The average molecular weight is 432 g/mol. The van der Waals surface area contributed by atoms with Crippen LogP contribution in [0.3, 0.4) is 0 Å². The molecule has 1 saturated heterocycles. The number of hydrogen-bond acceptors (Lipinski definition) is 4. The van der Waals surface area contributed by atoms with Crippen LogP contribution in [-0.4, -0.2) is 47.1 Å². The van der Waals surface area contributed by atoms with Crippen LogP contribution in [0.4, 0.5) is 13.6 Å². The lowest BCUT2D eigenvalue weighted by Crippen LogP contribution is -2.49. The molecular formula is C20H28ClF2N3O3. The second-order valence-corrected chi connectivity index (χ2v) is 8.81. The van der Waals surface area contributed by atoms with Gasteiger partial charge in [0.1, 0.15) is 11.3 Å². The summed E-state index contributed by atoms with van der Waals surface area (Å²) in [5.74, 6) is -1.62. The SMILES string of the molecule is C[C@H]1CN(C(=O)CCCNC(=O)OC(C)(C)C)CC[C@]1(F)c1cc(Cl)cnc1F. The van der Waals surface area contributed by atoms with Gasteiger partial charge >= 0.3 is 6.09 Å². The largest absolute Gasteiger partial charge is 0.444 e. The Morgan fingerprint density at radius 1 is 1.45 bits per heavy atom. The summed E-state index contributed by atoms with van der Waals surface area (Å²) < 4.78 is 34.8. The molecule has 2 atom stereocenters. The second kappa shape index (κ2) is 9.24. The number of ether oxygens (including phenoxy) is 1. The van der Waals surface area contributed by atoms with Crippen LogP contribution >= 0.6 is 11.6 Å². The molecule has 0 saturated carbocycles. The number of nitrogens with one attached hydrogen (secondary N) is 1. The molecule has 2 rings (SSSR count). The molecule has 6 nitrogen and oxygen atoms in total. The quantitative estimate of drug-likeness (QED) is 0.560. The number of pyridine rings is 1. The highest BCUT2D eigenvalue weighted by atomic mass is 35.5. The number of halogens is 3. The zero-order chi connectivity index (χ0) is 21.8. The lowest BCUT2D eigenvalue weighted by Gasteiger charge is -2.41. The van der Waals surface area contributed by atoms with Gasteiger partial charge in [-0.2, -0.15) is 4.39 Å². The minimum atomic E-state index is -1.93. The molecule has 1 aromatic rings. The van der Waals surface area contributed by atoms with Gasteiger partial charge in [-0.15, -0.1) is 0 Å². The molecule has 1 N–H and O–H groups in total. The molecule has 2 amide bonds. The lowest BCUT2D eigenvalue weighted by atomic mass is 9.79. The van der Waals surface area contributed by atoms with E-state index in [9.17, 15) is 14.0 Å². The topological polar surface area (TPSA) is 71.5 Å². The summed E-state index contributed by atoms with van der Waals surface area (Å²) in [7, 11) is 0. The van der Waals surface area contributed by atoms with E-state index in [1.807, 2.05) is 0 Å². The fourth-order valence-corrected chi connectivity index (χ4v) is 3.51. The second-order valence-electron chi connectivity index (χ2n) is 8.38. The first kappa shape index (κ1) is 23.3. The molecule has 2 heterocycles. The molecule has 162 valence electrons. The number of amides is 2. The lowest BCUT2D eigenvalue weighted by molar-refractivity contribution is -0.136. The number of hydrogen-bond donors (Lipinski definition) is 1. The first-order valence-electron chi connectivity index (χ1n) is 9.67. The van der Waals surface area contributed by atoms with E-state index in [1.54, 1.807) is 32.6 Å². The van der Waals surface area contributed by atoms with Crippen LogP contribution in [0, 0.1) is 11.9 Å². The summed E-state index contributed by atoms with van der Waals surface area (Å²) in [4.78, 5) is 29.1. The minimum Gasteiger partial charge on any atom is -0.444 e. The van der Waals surface area contributed by atoms with Crippen LogP contribution in [0.1, 0.15) is 52.5 Å². The number of piperidine rings is 1. The van der Waals surface area contributed by atoms with Crippen LogP contribution < -0.4 is 5.32 Å². The highest BCUT2D eigenvalue weighted by molar-refractivity contribution is 6.30. The number of carbonyl (C=O) groups excluding carboxylic acids is 2. The molecule has 0 spiro atoms. The number of alkyl halides is 1. The van der Waals surface area contributed by atoms with Gasteiger partial charge in [0.15, 0.2) is 0 Å². The van der Waals surface area contributed by atoms with Gasteiger partial charge in [0.25, 0.3) is 0 Å². The van der Waals surface area contributed by atoms with E-state index in [0.29, 0.717) is 13.0 Å². The van der Waals surface area contributed by atoms with Gasteiger partial charge in [0.2, 0.25) is 11.9 Å². The molecule has 1 fully saturated rings. The molecule has 0 unspecified atom stereocenters. The zero-order valence-corrected chi connectivity index (χ0v) is 18.0. The number of aromatic nitrogens is 1. The molecule has 0 aliphatic carbocycles. The highest BCUT2D eigenvalue weighted by Gasteiger charge is 2.45. The van der Waals surface area contributed by atoms with Crippen molar-refractivity contribution in [2.75, 3.05) is 19.6 Å². The van der Waals surface area contributed by atoms with E-state index in [0.717, 1.165) is 6.20 Å². The smallest absolute Gasteiger partial charge is 0.407 e. The van der Waals surface area contributed by atoms with Crippen molar-refractivity contribution in [1.82, 2.24) is 15.2 Å². The van der Waals surface area contributed by atoms with Gasteiger partial charge in [-0.3, -0.25) is 4.79 Å². The Bertz CT molecular complexity index is 757. The predicted octanol–water partition coefficient (Wildman–Crippen LogP) is 4.21. The van der Waals surface area contributed by atoms with Crippen molar-refractivity contribution in [3.63, 3.8) is 0 Å². The maximum absolute atomic E-state index is 15.6.